The van der Waals surface area contributed by atoms with Gasteiger partial charge in [-0.25, -0.2) is 0 Å². The molecule has 0 saturated carbocycles. The van der Waals surface area contributed by atoms with Crippen molar-refractivity contribution in [2.24, 2.45) is 5.41 Å². The van der Waals surface area contributed by atoms with Gasteiger partial charge in [-0.05, 0) is 18.6 Å². The van der Waals surface area contributed by atoms with E-state index in [0.29, 0.717) is 5.56 Å². The van der Waals surface area contributed by atoms with E-state index < -0.39 is 0 Å². The maximum atomic E-state index is 8.83. The summed E-state index contributed by atoms with van der Waals surface area (Å²) in [6.45, 7) is 5.98. The zero-order valence-electron chi connectivity index (χ0n) is 13.8. The normalized spacial score (nSPS) is 24.9. The molecule has 0 aromatic heterocycles. The Hall–Kier alpha value is -1.37. The monoisotopic (exact) mass is 301 g/mol. The Balaban J connectivity index is 1.77. The first-order valence-electron chi connectivity index (χ1n) is 8.40. The van der Waals surface area contributed by atoms with Gasteiger partial charge in [0.1, 0.15) is 0 Å². The minimum Gasteiger partial charge on any atom is -0.348 e. The first kappa shape index (κ1) is 17.0. The largest absolute Gasteiger partial charge is 0.348 e. The van der Waals surface area contributed by atoms with E-state index in [1.165, 1.54) is 32.1 Å². The third-order valence-corrected chi connectivity index (χ3v) is 4.36. The molecule has 3 heteroatoms. The fraction of sp³-hybridized carbons (Fsp3) is 0.632. The average Bonchev–Trinajstić information content (AvgIpc) is 2.55. The summed E-state index contributed by atoms with van der Waals surface area (Å²) >= 11 is 0. The van der Waals surface area contributed by atoms with E-state index in [2.05, 4.69) is 19.9 Å². The number of benzene rings is 1. The highest BCUT2D eigenvalue weighted by atomic mass is 16.7. The van der Waals surface area contributed by atoms with Gasteiger partial charge in [0, 0.05) is 11.0 Å². The molecule has 0 N–H and O–H groups in total. The molecule has 0 unspecified atom stereocenters. The van der Waals surface area contributed by atoms with Crippen LogP contribution >= 0.6 is 0 Å². The van der Waals surface area contributed by atoms with Gasteiger partial charge in [-0.2, -0.15) is 5.26 Å². The second-order valence-electron chi connectivity index (χ2n) is 6.66. The van der Waals surface area contributed by atoms with Crippen LogP contribution in [0.1, 0.15) is 69.8 Å². The summed E-state index contributed by atoms with van der Waals surface area (Å²) in [7, 11) is 0. The molecule has 1 aromatic carbocycles. The number of rotatable bonds is 7. The number of unbranched alkanes of at least 4 members (excludes halogenated alkanes) is 4. The molecule has 2 rings (SSSR count). The molecule has 120 valence electrons. The minimum absolute atomic E-state index is 0.134. The molecule has 1 saturated heterocycles. The second kappa shape index (κ2) is 8.31. The third kappa shape index (κ3) is 4.83. The molecule has 1 aromatic rings. The summed E-state index contributed by atoms with van der Waals surface area (Å²) in [6.07, 6.45) is 7.40. The topological polar surface area (TPSA) is 42.2 Å². The van der Waals surface area contributed by atoms with E-state index >= 15 is 0 Å². The Bertz CT molecular complexity index is 481. The fourth-order valence-electron chi connectivity index (χ4n) is 2.85. The van der Waals surface area contributed by atoms with Crippen LogP contribution in [0.25, 0.3) is 0 Å². The Labute approximate surface area is 134 Å². The van der Waals surface area contributed by atoms with Crippen LogP contribution in [0.3, 0.4) is 0 Å². The zero-order chi connectivity index (χ0) is 15.8. The van der Waals surface area contributed by atoms with Crippen LogP contribution in [-0.4, -0.2) is 13.2 Å². The van der Waals surface area contributed by atoms with Crippen molar-refractivity contribution in [3.8, 4) is 6.07 Å². The molecule has 22 heavy (non-hydrogen) atoms. The second-order valence-corrected chi connectivity index (χ2v) is 6.66. The third-order valence-electron chi connectivity index (χ3n) is 4.36. The molecule has 1 aliphatic heterocycles. The van der Waals surface area contributed by atoms with E-state index in [1.807, 2.05) is 24.3 Å². The number of nitrogens with zero attached hydrogens (tertiary/aromatic N) is 1. The molecule has 1 aliphatic rings. The summed E-state index contributed by atoms with van der Waals surface area (Å²) < 4.78 is 11.9. The first-order chi connectivity index (χ1) is 10.7. The van der Waals surface area contributed by atoms with Gasteiger partial charge in [-0.1, -0.05) is 58.1 Å². The van der Waals surface area contributed by atoms with Gasteiger partial charge in [-0.15, -0.1) is 0 Å². The standard InChI is InChI=1S/C19H27NO2/c1-3-4-5-6-7-12-19(2)14-21-18(22-15-19)17-10-8-16(13-20)9-11-17/h8-11,18H,3-7,12,14-15H2,1-2H3. The highest BCUT2D eigenvalue weighted by Gasteiger charge is 2.32. The van der Waals surface area contributed by atoms with Gasteiger partial charge >= 0.3 is 0 Å². The van der Waals surface area contributed by atoms with Gasteiger partial charge in [0.15, 0.2) is 6.29 Å². The zero-order valence-corrected chi connectivity index (χ0v) is 13.8. The van der Waals surface area contributed by atoms with Gasteiger partial charge in [0.25, 0.3) is 0 Å². The maximum Gasteiger partial charge on any atom is 0.183 e. The van der Waals surface area contributed by atoms with Crippen molar-refractivity contribution in [1.29, 1.82) is 5.26 Å². The van der Waals surface area contributed by atoms with E-state index in [4.69, 9.17) is 14.7 Å². The number of hydrogen-bond acceptors (Lipinski definition) is 3. The van der Waals surface area contributed by atoms with Crippen molar-refractivity contribution >= 4 is 0 Å². The van der Waals surface area contributed by atoms with Gasteiger partial charge in [0.2, 0.25) is 0 Å². The van der Waals surface area contributed by atoms with Crippen LogP contribution in [-0.2, 0) is 9.47 Å². The maximum absolute atomic E-state index is 8.83. The highest BCUT2D eigenvalue weighted by Crippen LogP contribution is 2.35. The van der Waals surface area contributed by atoms with E-state index in [-0.39, 0.29) is 11.7 Å². The lowest BCUT2D eigenvalue weighted by Crippen LogP contribution is -2.36. The summed E-state index contributed by atoms with van der Waals surface area (Å²) in [5, 5.41) is 8.83. The summed E-state index contributed by atoms with van der Waals surface area (Å²) in [5.41, 5.74) is 1.79. The molecule has 3 nitrogen and oxygen atoms in total. The Morgan fingerprint density at radius 2 is 1.73 bits per heavy atom. The van der Waals surface area contributed by atoms with Crippen molar-refractivity contribution in [2.45, 2.75) is 58.7 Å². The van der Waals surface area contributed by atoms with Crippen molar-refractivity contribution in [2.75, 3.05) is 13.2 Å². The lowest BCUT2D eigenvalue weighted by Gasteiger charge is -2.37. The Morgan fingerprint density at radius 1 is 1.09 bits per heavy atom. The molecular formula is C19H27NO2. The molecule has 0 atom stereocenters. The van der Waals surface area contributed by atoms with Crippen LogP contribution < -0.4 is 0 Å². The van der Waals surface area contributed by atoms with E-state index in [0.717, 1.165) is 25.2 Å². The number of ether oxygens (including phenoxy) is 2. The Morgan fingerprint density at radius 3 is 2.32 bits per heavy atom. The Kier molecular flexibility index (Phi) is 6.42. The van der Waals surface area contributed by atoms with Crippen molar-refractivity contribution in [1.82, 2.24) is 0 Å². The quantitative estimate of drug-likeness (QED) is 0.668. The number of hydrogen-bond donors (Lipinski definition) is 0. The number of nitriles is 1. The molecule has 0 spiro atoms. The van der Waals surface area contributed by atoms with Crippen molar-refractivity contribution < 1.29 is 9.47 Å². The van der Waals surface area contributed by atoms with Crippen LogP contribution in [0.5, 0.6) is 0 Å². The van der Waals surface area contributed by atoms with Crippen molar-refractivity contribution in [3.63, 3.8) is 0 Å². The average molecular weight is 301 g/mol. The molecule has 0 amide bonds. The molecule has 1 fully saturated rings. The molecular weight excluding hydrogens is 274 g/mol. The van der Waals surface area contributed by atoms with Gasteiger partial charge in [-0.3, -0.25) is 0 Å². The van der Waals surface area contributed by atoms with Gasteiger partial charge in [0.05, 0.1) is 24.8 Å². The summed E-state index contributed by atoms with van der Waals surface area (Å²) in [4.78, 5) is 0. The lowest BCUT2D eigenvalue weighted by atomic mass is 9.85. The smallest absolute Gasteiger partial charge is 0.183 e. The SMILES string of the molecule is CCCCCCCC1(C)COC(c2ccc(C#N)cc2)OC1. The lowest BCUT2D eigenvalue weighted by molar-refractivity contribution is -0.232. The summed E-state index contributed by atoms with van der Waals surface area (Å²) in [6, 6.07) is 9.57. The highest BCUT2D eigenvalue weighted by molar-refractivity contribution is 5.32. The van der Waals surface area contributed by atoms with Crippen LogP contribution in [0, 0.1) is 16.7 Å². The molecule has 0 radical (unpaired) electrons. The van der Waals surface area contributed by atoms with Crippen LogP contribution in [0.4, 0.5) is 0 Å². The minimum atomic E-state index is -0.291. The van der Waals surface area contributed by atoms with E-state index in [1.54, 1.807) is 0 Å². The predicted molar refractivity (Wildman–Crippen MR) is 87.3 cm³/mol. The van der Waals surface area contributed by atoms with Crippen LogP contribution in [0.2, 0.25) is 0 Å². The molecule has 0 aliphatic carbocycles. The fourth-order valence-corrected chi connectivity index (χ4v) is 2.85. The van der Waals surface area contributed by atoms with Crippen molar-refractivity contribution in [3.05, 3.63) is 35.4 Å². The molecule has 0 bridgehead atoms. The molecule has 1 heterocycles. The van der Waals surface area contributed by atoms with E-state index in [9.17, 15) is 0 Å². The van der Waals surface area contributed by atoms with Gasteiger partial charge < -0.3 is 9.47 Å². The van der Waals surface area contributed by atoms with Crippen LogP contribution in [0.15, 0.2) is 24.3 Å². The predicted octanol–water partition coefficient (Wildman–Crippen LogP) is 4.97. The first-order valence-corrected chi connectivity index (χ1v) is 8.40. The summed E-state index contributed by atoms with van der Waals surface area (Å²) in [5.74, 6) is 0.